The van der Waals surface area contributed by atoms with Crippen molar-refractivity contribution in [2.75, 3.05) is 18.9 Å². The van der Waals surface area contributed by atoms with Crippen LogP contribution >= 0.6 is 0 Å². The van der Waals surface area contributed by atoms with Gasteiger partial charge in [0.25, 0.3) is 5.91 Å². The number of carbonyl (C=O) groups is 1. The molecule has 0 aliphatic heterocycles. The van der Waals surface area contributed by atoms with Crippen molar-refractivity contribution in [1.29, 1.82) is 0 Å². The van der Waals surface area contributed by atoms with E-state index in [1.54, 1.807) is 18.2 Å². The van der Waals surface area contributed by atoms with Crippen LogP contribution in [0.2, 0.25) is 0 Å². The van der Waals surface area contributed by atoms with Gasteiger partial charge in [0, 0.05) is 13.2 Å². The fourth-order valence-corrected chi connectivity index (χ4v) is 2.25. The highest BCUT2D eigenvalue weighted by Gasteiger charge is 2.14. The van der Waals surface area contributed by atoms with Gasteiger partial charge in [-0.05, 0) is 31.4 Å². The topological polar surface area (TPSA) is 77.2 Å². The summed E-state index contributed by atoms with van der Waals surface area (Å²) in [5.74, 6) is 0.172. The summed E-state index contributed by atoms with van der Waals surface area (Å²) in [5, 5.41) is 2.81. The summed E-state index contributed by atoms with van der Waals surface area (Å²) in [4.78, 5) is 15.7. The second-order valence-corrected chi connectivity index (χ2v) is 4.83. The maximum absolute atomic E-state index is 11.7. The van der Waals surface area contributed by atoms with Gasteiger partial charge in [-0.15, -0.1) is 0 Å². The highest BCUT2D eigenvalue weighted by Crippen LogP contribution is 2.20. The Kier molecular flexibility index (Phi) is 5.15. The van der Waals surface area contributed by atoms with Gasteiger partial charge >= 0.3 is 0 Å². The van der Waals surface area contributed by atoms with E-state index in [-0.39, 0.29) is 5.91 Å². The molecule has 0 saturated heterocycles. The van der Waals surface area contributed by atoms with Gasteiger partial charge in [-0.1, -0.05) is 18.9 Å². The lowest BCUT2D eigenvalue weighted by atomic mass is 10.3. The van der Waals surface area contributed by atoms with Crippen LogP contribution in [0.15, 0.2) is 18.2 Å². The molecule has 3 N–H and O–H groups in total. The molecule has 1 aromatic rings. The molecule has 1 aliphatic rings. The molecular weight excluding hydrogens is 242 g/mol. The molecule has 0 radical (unpaired) electrons. The van der Waals surface area contributed by atoms with Crippen molar-refractivity contribution in [2.45, 2.75) is 38.2 Å². The van der Waals surface area contributed by atoms with Gasteiger partial charge in [-0.3, -0.25) is 4.79 Å². The third-order valence-electron chi connectivity index (χ3n) is 3.27. The summed E-state index contributed by atoms with van der Waals surface area (Å²) >= 11 is 0. The number of hydrogen-bond donors (Lipinski definition) is 2. The molecule has 5 heteroatoms. The number of nitrogens with one attached hydrogen (secondary N) is 1. The Morgan fingerprint density at radius 1 is 1.42 bits per heavy atom. The third-order valence-corrected chi connectivity index (χ3v) is 3.27. The number of nitrogen functional groups attached to an aromatic ring is 1. The molecule has 1 saturated carbocycles. The predicted octanol–water partition coefficient (Wildman–Crippen LogP) is 1.74. The maximum atomic E-state index is 11.7. The van der Waals surface area contributed by atoms with Gasteiger partial charge in [-0.25, -0.2) is 4.98 Å². The molecule has 1 amide bonds. The van der Waals surface area contributed by atoms with E-state index in [9.17, 15) is 4.79 Å². The maximum Gasteiger partial charge on any atom is 0.269 e. The Balaban J connectivity index is 1.61. The number of amides is 1. The van der Waals surface area contributed by atoms with E-state index in [1.807, 2.05) is 0 Å². The minimum Gasteiger partial charge on any atom is -0.384 e. The molecular formula is C14H21N3O2. The number of nitrogens with two attached hydrogens (primary N) is 1. The first-order valence-corrected chi connectivity index (χ1v) is 6.88. The third kappa shape index (κ3) is 4.52. The Morgan fingerprint density at radius 2 is 2.21 bits per heavy atom. The van der Waals surface area contributed by atoms with E-state index in [0.717, 1.165) is 6.42 Å². The molecule has 1 heterocycles. The zero-order valence-electron chi connectivity index (χ0n) is 11.1. The summed E-state index contributed by atoms with van der Waals surface area (Å²) in [6.45, 7) is 1.30. The molecule has 104 valence electrons. The van der Waals surface area contributed by atoms with Crippen LogP contribution in [0, 0.1) is 0 Å². The highest BCUT2D eigenvalue weighted by molar-refractivity contribution is 5.92. The first kappa shape index (κ1) is 13.8. The number of carbonyl (C=O) groups excluding carboxylic acids is 1. The van der Waals surface area contributed by atoms with Crippen molar-refractivity contribution in [3.63, 3.8) is 0 Å². The van der Waals surface area contributed by atoms with Crippen molar-refractivity contribution in [3.05, 3.63) is 23.9 Å². The summed E-state index contributed by atoms with van der Waals surface area (Å²) < 4.78 is 5.72. The predicted molar refractivity (Wildman–Crippen MR) is 73.8 cm³/mol. The lowest BCUT2D eigenvalue weighted by Crippen LogP contribution is -2.26. The molecule has 0 bridgehead atoms. The van der Waals surface area contributed by atoms with Gasteiger partial charge in [0.15, 0.2) is 0 Å². The van der Waals surface area contributed by atoms with Crippen molar-refractivity contribution in [1.82, 2.24) is 10.3 Å². The van der Waals surface area contributed by atoms with E-state index in [4.69, 9.17) is 10.5 Å². The largest absolute Gasteiger partial charge is 0.384 e. The number of anilines is 1. The Morgan fingerprint density at radius 3 is 2.95 bits per heavy atom. The van der Waals surface area contributed by atoms with Gasteiger partial charge < -0.3 is 15.8 Å². The van der Waals surface area contributed by atoms with E-state index in [2.05, 4.69) is 10.3 Å². The van der Waals surface area contributed by atoms with Gasteiger partial charge in [0.05, 0.1) is 6.10 Å². The zero-order valence-corrected chi connectivity index (χ0v) is 11.1. The standard InChI is InChI=1S/C14H21N3O2/c15-13-8-3-7-12(17-13)14(18)16-9-4-10-19-11-5-1-2-6-11/h3,7-8,11H,1-2,4-6,9-10H2,(H2,15,17)(H,16,18). The van der Waals surface area contributed by atoms with Crippen LogP contribution in [0.3, 0.4) is 0 Å². The smallest absolute Gasteiger partial charge is 0.269 e. The van der Waals surface area contributed by atoms with Crippen LogP contribution in [0.4, 0.5) is 5.82 Å². The molecule has 1 aliphatic carbocycles. The summed E-state index contributed by atoms with van der Waals surface area (Å²) in [7, 11) is 0. The van der Waals surface area contributed by atoms with E-state index in [1.165, 1.54) is 25.7 Å². The average Bonchev–Trinajstić information content (AvgIpc) is 2.91. The summed E-state index contributed by atoms with van der Waals surface area (Å²) in [5.41, 5.74) is 5.89. The number of hydrogen-bond acceptors (Lipinski definition) is 4. The van der Waals surface area contributed by atoms with Crippen LogP contribution in [-0.2, 0) is 4.74 Å². The first-order valence-electron chi connectivity index (χ1n) is 6.88. The van der Waals surface area contributed by atoms with Gasteiger partial charge in [-0.2, -0.15) is 0 Å². The minimum atomic E-state index is -0.187. The number of nitrogens with zero attached hydrogens (tertiary/aromatic N) is 1. The van der Waals surface area contributed by atoms with Crippen LogP contribution in [0.25, 0.3) is 0 Å². The van der Waals surface area contributed by atoms with Crippen molar-refractivity contribution >= 4 is 11.7 Å². The monoisotopic (exact) mass is 263 g/mol. The molecule has 1 fully saturated rings. The summed E-state index contributed by atoms with van der Waals surface area (Å²) in [6.07, 6.45) is 6.18. The molecule has 1 aromatic heterocycles. The zero-order chi connectivity index (χ0) is 13.5. The molecule has 19 heavy (non-hydrogen) atoms. The summed E-state index contributed by atoms with van der Waals surface area (Å²) in [6, 6.07) is 5.04. The Labute approximate surface area is 113 Å². The lowest BCUT2D eigenvalue weighted by Gasteiger charge is -2.11. The normalized spacial score (nSPS) is 15.6. The van der Waals surface area contributed by atoms with Crippen molar-refractivity contribution in [2.24, 2.45) is 0 Å². The Bertz CT molecular complexity index is 417. The molecule has 0 aromatic carbocycles. The second kappa shape index (κ2) is 7.09. The lowest BCUT2D eigenvalue weighted by molar-refractivity contribution is 0.0565. The highest BCUT2D eigenvalue weighted by atomic mass is 16.5. The SMILES string of the molecule is Nc1cccc(C(=O)NCCCOC2CCCC2)n1. The molecule has 5 nitrogen and oxygen atoms in total. The molecule has 0 spiro atoms. The van der Waals surface area contributed by atoms with E-state index < -0.39 is 0 Å². The van der Waals surface area contributed by atoms with Crippen LogP contribution in [-0.4, -0.2) is 30.1 Å². The molecule has 2 rings (SSSR count). The number of aromatic nitrogens is 1. The van der Waals surface area contributed by atoms with Crippen LogP contribution in [0.5, 0.6) is 0 Å². The van der Waals surface area contributed by atoms with Crippen molar-refractivity contribution < 1.29 is 9.53 Å². The fourth-order valence-electron chi connectivity index (χ4n) is 2.25. The van der Waals surface area contributed by atoms with Crippen molar-refractivity contribution in [3.8, 4) is 0 Å². The van der Waals surface area contributed by atoms with Gasteiger partial charge in [0.1, 0.15) is 11.5 Å². The second-order valence-electron chi connectivity index (χ2n) is 4.83. The minimum absolute atomic E-state index is 0.187. The average molecular weight is 263 g/mol. The van der Waals surface area contributed by atoms with E-state index >= 15 is 0 Å². The first-order chi connectivity index (χ1) is 9.25. The fraction of sp³-hybridized carbons (Fsp3) is 0.571. The molecule has 0 atom stereocenters. The molecule has 0 unspecified atom stereocenters. The number of pyridine rings is 1. The Hall–Kier alpha value is -1.62. The van der Waals surface area contributed by atoms with Crippen LogP contribution in [0.1, 0.15) is 42.6 Å². The van der Waals surface area contributed by atoms with Gasteiger partial charge in [0.2, 0.25) is 0 Å². The quantitative estimate of drug-likeness (QED) is 0.766. The number of rotatable bonds is 6. The number of ether oxygens (including phenoxy) is 1. The van der Waals surface area contributed by atoms with E-state index in [0.29, 0.717) is 30.8 Å². The van der Waals surface area contributed by atoms with Crippen LogP contribution < -0.4 is 11.1 Å².